The summed E-state index contributed by atoms with van der Waals surface area (Å²) in [4.78, 5) is 10.7. The van der Waals surface area contributed by atoms with Crippen LogP contribution in [0.1, 0.15) is 11.1 Å². The van der Waals surface area contributed by atoms with Gasteiger partial charge in [-0.25, -0.2) is 0 Å². The first kappa shape index (κ1) is 13.5. The average molecular weight is 321 g/mol. The SMILES string of the molecule is Cc1ccc(Nc2ccc(Br)cc2[N+](=O)[O-])c(C)c1. The molecule has 19 heavy (non-hydrogen) atoms. The number of halogens is 1. The molecule has 0 unspecified atom stereocenters. The van der Waals surface area contributed by atoms with Gasteiger partial charge in [-0.15, -0.1) is 0 Å². The van der Waals surface area contributed by atoms with Gasteiger partial charge in [0.05, 0.1) is 4.92 Å². The molecule has 2 rings (SSSR count). The lowest BCUT2D eigenvalue weighted by Gasteiger charge is -2.10. The van der Waals surface area contributed by atoms with E-state index in [0.717, 1.165) is 16.8 Å². The van der Waals surface area contributed by atoms with Crippen LogP contribution in [0.2, 0.25) is 0 Å². The Labute approximate surface area is 119 Å². The minimum absolute atomic E-state index is 0.0503. The van der Waals surface area contributed by atoms with E-state index in [1.807, 2.05) is 32.0 Å². The zero-order valence-corrected chi connectivity index (χ0v) is 12.2. The summed E-state index contributed by atoms with van der Waals surface area (Å²) >= 11 is 3.24. The Hall–Kier alpha value is -1.88. The van der Waals surface area contributed by atoms with Crippen molar-refractivity contribution < 1.29 is 4.92 Å². The Kier molecular flexibility index (Phi) is 3.85. The fourth-order valence-electron chi connectivity index (χ4n) is 1.86. The molecule has 0 aliphatic heterocycles. The molecular formula is C14H13BrN2O2. The third-order valence-corrected chi connectivity index (χ3v) is 3.30. The first-order valence-electron chi connectivity index (χ1n) is 5.75. The fourth-order valence-corrected chi connectivity index (χ4v) is 2.21. The number of nitrogens with zero attached hydrogens (tertiary/aromatic N) is 1. The third kappa shape index (κ3) is 3.12. The quantitative estimate of drug-likeness (QED) is 0.657. The summed E-state index contributed by atoms with van der Waals surface area (Å²) in [5.41, 5.74) is 3.62. The molecular weight excluding hydrogens is 308 g/mol. The summed E-state index contributed by atoms with van der Waals surface area (Å²) in [6, 6.07) is 10.9. The Morgan fingerprint density at radius 2 is 1.79 bits per heavy atom. The van der Waals surface area contributed by atoms with Gasteiger partial charge in [0.1, 0.15) is 5.69 Å². The van der Waals surface area contributed by atoms with Crippen molar-refractivity contribution in [2.45, 2.75) is 13.8 Å². The summed E-state index contributed by atoms with van der Waals surface area (Å²) in [7, 11) is 0. The second-order valence-corrected chi connectivity index (χ2v) is 5.28. The van der Waals surface area contributed by atoms with Gasteiger partial charge in [-0.05, 0) is 37.6 Å². The molecule has 1 N–H and O–H groups in total. The van der Waals surface area contributed by atoms with Crippen molar-refractivity contribution in [3.05, 3.63) is 62.1 Å². The maximum atomic E-state index is 11.0. The molecule has 0 saturated heterocycles. The maximum Gasteiger partial charge on any atom is 0.293 e. The predicted molar refractivity (Wildman–Crippen MR) is 80.0 cm³/mol. The van der Waals surface area contributed by atoms with E-state index in [-0.39, 0.29) is 5.69 Å². The topological polar surface area (TPSA) is 55.2 Å². The van der Waals surface area contributed by atoms with Crippen molar-refractivity contribution in [1.82, 2.24) is 0 Å². The molecule has 0 amide bonds. The highest BCUT2D eigenvalue weighted by molar-refractivity contribution is 9.10. The first-order chi connectivity index (χ1) is 8.97. The Morgan fingerprint density at radius 3 is 2.42 bits per heavy atom. The highest BCUT2D eigenvalue weighted by Crippen LogP contribution is 2.31. The highest BCUT2D eigenvalue weighted by Gasteiger charge is 2.14. The van der Waals surface area contributed by atoms with Crippen molar-refractivity contribution in [1.29, 1.82) is 0 Å². The Balaban J connectivity index is 2.40. The maximum absolute atomic E-state index is 11.0. The van der Waals surface area contributed by atoms with Crippen molar-refractivity contribution in [3.8, 4) is 0 Å². The lowest BCUT2D eigenvalue weighted by atomic mass is 10.1. The van der Waals surface area contributed by atoms with Gasteiger partial charge in [0.2, 0.25) is 0 Å². The van der Waals surface area contributed by atoms with E-state index >= 15 is 0 Å². The summed E-state index contributed by atoms with van der Waals surface area (Å²) in [6.07, 6.45) is 0. The van der Waals surface area contributed by atoms with Gasteiger partial charge < -0.3 is 5.32 Å². The number of benzene rings is 2. The molecule has 98 valence electrons. The van der Waals surface area contributed by atoms with Crippen LogP contribution in [0.3, 0.4) is 0 Å². The smallest absolute Gasteiger partial charge is 0.293 e. The molecule has 0 aromatic heterocycles. The van der Waals surface area contributed by atoms with Crippen molar-refractivity contribution >= 4 is 33.0 Å². The van der Waals surface area contributed by atoms with Crippen molar-refractivity contribution in [3.63, 3.8) is 0 Å². The number of nitro benzene ring substituents is 1. The lowest BCUT2D eigenvalue weighted by Crippen LogP contribution is -1.98. The van der Waals surface area contributed by atoms with Crippen LogP contribution in [0.4, 0.5) is 17.1 Å². The number of hydrogen-bond donors (Lipinski definition) is 1. The molecule has 5 heteroatoms. The Bertz CT molecular complexity index is 641. The van der Waals surface area contributed by atoms with E-state index in [4.69, 9.17) is 0 Å². The van der Waals surface area contributed by atoms with Gasteiger partial charge in [0.15, 0.2) is 0 Å². The second kappa shape index (κ2) is 5.40. The van der Waals surface area contributed by atoms with E-state index in [1.54, 1.807) is 12.1 Å². The van der Waals surface area contributed by atoms with Crippen LogP contribution < -0.4 is 5.32 Å². The minimum Gasteiger partial charge on any atom is -0.350 e. The van der Waals surface area contributed by atoms with E-state index in [2.05, 4.69) is 21.2 Å². The summed E-state index contributed by atoms with van der Waals surface area (Å²) in [6.45, 7) is 3.99. The molecule has 0 spiro atoms. The second-order valence-electron chi connectivity index (χ2n) is 4.36. The first-order valence-corrected chi connectivity index (χ1v) is 6.55. The molecule has 0 radical (unpaired) electrons. The van der Waals surface area contributed by atoms with Crippen LogP contribution in [0.5, 0.6) is 0 Å². The van der Waals surface area contributed by atoms with Crippen molar-refractivity contribution in [2.24, 2.45) is 0 Å². The molecule has 0 heterocycles. The van der Waals surface area contributed by atoms with Gasteiger partial charge in [-0.2, -0.15) is 0 Å². The van der Waals surface area contributed by atoms with Crippen LogP contribution in [0, 0.1) is 24.0 Å². The van der Waals surface area contributed by atoms with E-state index in [0.29, 0.717) is 10.2 Å². The van der Waals surface area contributed by atoms with Crippen LogP contribution in [-0.2, 0) is 0 Å². The molecule has 0 aliphatic rings. The van der Waals surface area contributed by atoms with E-state index < -0.39 is 4.92 Å². The highest BCUT2D eigenvalue weighted by atomic mass is 79.9. The van der Waals surface area contributed by atoms with Crippen LogP contribution >= 0.6 is 15.9 Å². The van der Waals surface area contributed by atoms with E-state index in [9.17, 15) is 10.1 Å². The molecule has 0 aliphatic carbocycles. The molecule has 4 nitrogen and oxygen atoms in total. The monoisotopic (exact) mass is 320 g/mol. The zero-order chi connectivity index (χ0) is 14.0. The van der Waals surface area contributed by atoms with Crippen LogP contribution in [-0.4, -0.2) is 4.92 Å². The average Bonchev–Trinajstić information content (AvgIpc) is 2.34. The summed E-state index contributed by atoms with van der Waals surface area (Å²) in [5, 5.41) is 14.2. The van der Waals surface area contributed by atoms with Gasteiger partial charge >= 0.3 is 0 Å². The van der Waals surface area contributed by atoms with E-state index in [1.165, 1.54) is 6.07 Å². The summed E-state index contributed by atoms with van der Waals surface area (Å²) < 4.78 is 0.686. The molecule has 0 bridgehead atoms. The molecule has 0 atom stereocenters. The largest absolute Gasteiger partial charge is 0.350 e. The molecule has 0 saturated carbocycles. The standard InChI is InChI=1S/C14H13BrN2O2/c1-9-3-5-12(10(2)7-9)16-13-6-4-11(15)8-14(13)17(18)19/h3-8,16H,1-2H3. The van der Waals surface area contributed by atoms with Crippen LogP contribution in [0.25, 0.3) is 0 Å². The van der Waals surface area contributed by atoms with Gasteiger partial charge in [-0.3, -0.25) is 10.1 Å². The lowest BCUT2D eigenvalue weighted by molar-refractivity contribution is -0.384. The molecule has 2 aromatic carbocycles. The predicted octanol–water partition coefficient (Wildman–Crippen LogP) is 4.72. The zero-order valence-electron chi connectivity index (χ0n) is 10.6. The minimum atomic E-state index is -0.392. The molecule has 0 fully saturated rings. The van der Waals surface area contributed by atoms with Crippen molar-refractivity contribution in [2.75, 3.05) is 5.32 Å². The third-order valence-electron chi connectivity index (χ3n) is 2.81. The number of rotatable bonds is 3. The number of anilines is 2. The fraction of sp³-hybridized carbons (Fsp3) is 0.143. The van der Waals surface area contributed by atoms with Gasteiger partial charge in [0, 0.05) is 16.2 Å². The normalized spacial score (nSPS) is 10.3. The number of nitrogens with one attached hydrogen (secondary N) is 1. The van der Waals surface area contributed by atoms with Gasteiger partial charge in [0.25, 0.3) is 5.69 Å². The number of nitro groups is 1. The Morgan fingerprint density at radius 1 is 1.11 bits per heavy atom. The van der Waals surface area contributed by atoms with Crippen LogP contribution in [0.15, 0.2) is 40.9 Å². The summed E-state index contributed by atoms with van der Waals surface area (Å²) in [5.74, 6) is 0. The number of aryl methyl sites for hydroxylation is 2. The molecule has 2 aromatic rings. The number of hydrogen-bond acceptors (Lipinski definition) is 3. The van der Waals surface area contributed by atoms with Gasteiger partial charge in [-0.1, -0.05) is 33.6 Å².